The standard InChI is InChI=1S/C22H24FNO2/c23-20-11-17(6-7-21(20)25)22(26)14-24-12-18-9-16(10-19(18)13-24)8-15-4-2-1-3-5-15/h2,4,6-7,9-12,15,22,25-26H,1,3,5,8,13-14H2. The number of aromatic hydroxyl groups is 1. The maximum absolute atomic E-state index is 13.5. The topological polar surface area (TPSA) is 43.7 Å². The van der Waals surface area contributed by atoms with E-state index in [0.717, 1.165) is 13.0 Å². The van der Waals surface area contributed by atoms with Crippen LogP contribution in [0.1, 0.15) is 37.4 Å². The van der Waals surface area contributed by atoms with Crippen molar-refractivity contribution in [3.63, 3.8) is 0 Å². The average Bonchev–Trinajstić information content (AvgIpc) is 3.16. The van der Waals surface area contributed by atoms with Crippen LogP contribution in [0.2, 0.25) is 0 Å². The first kappa shape index (κ1) is 17.1. The molecule has 2 aliphatic carbocycles. The lowest BCUT2D eigenvalue weighted by Crippen LogP contribution is -2.22. The molecule has 1 aliphatic heterocycles. The normalized spacial score (nSPS) is 22.8. The van der Waals surface area contributed by atoms with Gasteiger partial charge in [0.25, 0.3) is 0 Å². The van der Waals surface area contributed by atoms with Crippen molar-refractivity contribution >= 4 is 0 Å². The van der Waals surface area contributed by atoms with Crippen LogP contribution >= 0.6 is 0 Å². The molecule has 2 atom stereocenters. The van der Waals surface area contributed by atoms with Gasteiger partial charge in [0.2, 0.25) is 0 Å². The Balaban J connectivity index is 1.38. The first-order valence-electron chi connectivity index (χ1n) is 9.29. The van der Waals surface area contributed by atoms with E-state index in [1.807, 2.05) is 0 Å². The number of hydrogen-bond donors (Lipinski definition) is 2. The van der Waals surface area contributed by atoms with Crippen LogP contribution < -0.4 is 0 Å². The van der Waals surface area contributed by atoms with Crippen LogP contribution in [0.15, 0.2) is 65.4 Å². The molecule has 4 heteroatoms. The Bertz CT molecular complexity index is 821. The molecule has 136 valence electrons. The number of fused-ring (bicyclic) bond motifs is 1. The van der Waals surface area contributed by atoms with Crippen molar-refractivity contribution in [1.29, 1.82) is 0 Å². The minimum Gasteiger partial charge on any atom is -0.505 e. The van der Waals surface area contributed by atoms with Gasteiger partial charge >= 0.3 is 0 Å². The van der Waals surface area contributed by atoms with Crippen LogP contribution in [0, 0.1) is 11.7 Å². The highest BCUT2D eigenvalue weighted by Crippen LogP contribution is 2.35. The largest absolute Gasteiger partial charge is 0.505 e. The molecule has 2 unspecified atom stereocenters. The number of phenolic OH excluding ortho intramolecular Hbond substituents is 1. The predicted octanol–water partition coefficient (Wildman–Crippen LogP) is 4.38. The zero-order valence-corrected chi connectivity index (χ0v) is 14.7. The van der Waals surface area contributed by atoms with E-state index in [4.69, 9.17) is 0 Å². The van der Waals surface area contributed by atoms with E-state index < -0.39 is 17.7 Å². The first-order chi connectivity index (χ1) is 12.6. The van der Waals surface area contributed by atoms with Gasteiger partial charge in [0, 0.05) is 19.3 Å². The lowest BCUT2D eigenvalue weighted by Gasteiger charge is -2.20. The van der Waals surface area contributed by atoms with Crippen LogP contribution in [0.3, 0.4) is 0 Å². The van der Waals surface area contributed by atoms with E-state index in [1.165, 1.54) is 48.1 Å². The minimum absolute atomic E-state index is 0.394. The van der Waals surface area contributed by atoms with E-state index >= 15 is 0 Å². The smallest absolute Gasteiger partial charge is 0.165 e. The highest BCUT2D eigenvalue weighted by molar-refractivity contribution is 5.56. The highest BCUT2D eigenvalue weighted by atomic mass is 19.1. The summed E-state index contributed by atoms with van der Waals surface area (Å²) in [5, 5.41) is 19.6. The SMILES string of the molecule is Oc1ccc(C(O)CN2C=C3C=C(CC4C=CCCC4)C=C3C2)cc1F. The maximum atomic E-state index is 13.5. The van der Waals surface area contributed by atoms with Gasteiger partial charge < -0.3 is 15.1 Å². The molecule has 0 aromatic heterocycles. The maximum Gasteiger partial charge on any atom is 0.165 e. The van der Waals surface area contributed by atoms with Gasteiger partial charge in [0.1, 0.15) is 0 Å². The van der Waals surface area contributed by atoms with Crippen LogP contribution in [-0.4, -0.2) is 28.2 Å². The monoisotopic (exact) mass is 353 g/mol. The Hall–Kier alpha value is -2.33. The van der Waals surface area contributed by atoms with Crippen LogP contribution in [0.25, 0.3) is 0 Å². The molecular weight excluding hydrogens is 329 g/mol. The summed E-state index contributed by atoms with van der Waals surface area (Å²) >= 11 is 0. The molecule has 0 radical (unpaired) electrons. The second kappa shape index (κ2) is 7.12. The van der Waals surface area contributed by atoms with Crippen LogP contribution in [0.5, 0.6) is 5.75 Å². The van der Waals surface area contributed by atoms with Crippen molar-refractivity contribution in [2.75, 3.05) is 13.1 Å². The molecule has 0 saturated heterocycles. The van der Waals surface area contributed by atoms with Crippen molar-refractivity contribution in [3.8, 4) is 5.75 Å². The molecule has 3 nitrogen and oxygen atoms in total. The highest BCUT2D eigenvalue weighted by Gasteiger charge is 2.24. The summed E-state index contributed by atoms with van der Waals surface area (Å²) in [5.74, 6) is -0.437. The molecule has 3 aliphatic rings. The number of phenols is 1. The molecule has 0 spiro atoms. The molecular formula is C22H24FNO2. The molecule has 2 N–H and O–H groups in total. The van der Waals surface area contributed by atoms with Gasteiger partial charge in [0.05, 0.1) is 6.10 Å². The second-order valence-corrected chi connectivity index (χ2v) is 7.45. The first-order valence-corrected chi connectivity index (χ1v) is 9.29. The second-order valence-electron chi connectivity index (χ2n) is 7.45. The van der Waals surface area contributed by atoms with Gasteiger partial charge in [-0.2, -0.15) is 0 Å². The van der Waals surface area contributed by atoms with E-state index in [0.29, 0.717) is 18.0 Å². The van der Waals surface area contributed by atoms with Crippen molar-refractivity contribution in [2.24, 2.45) is 5.92 Å². The number of aliphatic hydroxyl groups is 1. The Morgan fingerprint density at radius 1 is 1.27 bits per heavy atom. The fourth-order valence-corrected chi connectivity index (χ4v) is 4.01. The lowest BCUT2D eigenvalue weighted by atomic mass is 9.90. The Morgan fingerprint density at radius 3 is 2.88 bits per heavy atom. The van der Waals surface area contributed by atoms with Gasteiger partial charge in [-0.25, -0.2) is 4.39 Å². The number of benzene rings is 1. The zero-order chi connectivity index (χ0) is 18.1. The zero-order valence-electron chi connectivity index (χ0n) is 14.7. The molecule has 0 bridgehead atoms. The predicted molar refractivity (Wildman–Crippen MR) is 99.9 cm³/mol. The van der Waals surface area contributed by atoms with Gasteiger partial charge in [-0.05, 0) is 72.1 Å². The Labute approximate surface area is 153 Å². The molecule has 1 heterocycles. The summed E-state index contributed by atoms with van der Waals surface area (Å²) in [5.41, 5.74) is 4.39. The van der Waals surface area contributed by atoms with Crippen LogP contribution in [-0.2, 0) is 0 Å². The van der Waals surface area contributed by atoms with Crippen LogP contribution in [0.4, 0.5) is 4.39 Å². The summed E-state index contributed by atoms with van der Waals surface area (Å²) in [6.45, 7) is 1.17. The number of rotatable bonds is 5. The third kappa shape index (κ3) is 3.61. The summed E-state index contributed by atoms with van der Waals surface area (Å²) in [7, 11) is 0. The van der Waals surface area contributed by atoms with Gasteiger partial charge in [0.15, 0.2) is 11.6 Å². The van der Waals surface area contributed by atoms with Gasteiger partial charge in [-0.1, -0.05) is 24.3 Å². The molecule has 0 fully saturated rings. The van der Waals surface area contributed by atoms with Gasteiger partial charge in [-0.3, -0.25) is 0 Å². The number of nitrogens with zero attached hydrogens (tertiary/aromatic N) is 1. The average molecular weight is 353 g/mol. The van der Waals surface area contributed by atoms with E-state index in [2.05, 4.69) is 35.4 Å². The molecule has 1 aromatic carbocycles. The minimum atomic E-state index is -0.794. The van der Waals surface area contributed by atoms with Gasteiger partial charge in [-0.15, -0.1) is 0 Å². The fraction of sp³-hybridized carbons (Fsp3) is 0.364. The summed E-state index contributed by atoms with van der Waals surface area (Å²) in [6, 6.07) is 4.03. The quantitative estimate of drug-likeness (QED) is 0.772. The van der Waals surface area contributed by atoms with E-state index in [-0.39, 0.29) is 0 Å². The van der Waals surface area contributed by atoms with E-state index in [1.54, 1.807) is 6.07 Å². The molecule has 26 heavy (non-hydrogen) atoms. The van der Waals surface area contributed by atoms with Crippen molar-refractivity contribution in [2.45, 2.75) is 31.8 Å². The third-order valence-corrected chi connectivity index (χ3v) is 5.38. The number of β-amino-alcohol motifs (C(OH)–C–C–N with tert-alkyl or cyclic N) is 1. The van der Waals surface area contributed by atoms with Crippen molar-refractivity contribution < 1.29 is 14.6 Å². The molecule has 1 aromatic rings. The Kier molecular flexibility index (Phi) is 4.68. The number of halogens is 1. The number of hydrogen-bond acceptors (Lipinski definition) is 3. The summed E-state index contributed by atoms with van der Waals surface area (Å²) < 4.78 is 13.5. The fourth-order valence-electron chi connectivity index (χ4n) is 4.01. The molecule has 0 saturated carbocycles. The number of allylic oxidation sites excluding steroid dienone is 5. The lowest BCUT2D eigenvalue weighted by molar-refractivity contribution is 0.141. The number of aliphatic hydroxyl groups excluding tert-OH is 1. The van der Waals surface area contributed by atoms with E-state index in [9.17, 15) is 14.6 Å². The Morgan fingerprint density at radius 2 is 2.15 bits per heavy atom. The van der Waals surface area contributed by atoms with Crippen molar-refractivity contribution in [3.05, 3.63) is 76.8 Å². The third-order valence-electron chi connectivity index (χ3n) is 5.38. The van der Waals surface area contributed by atoms with Crippen molar-refractivity contribution in [1.82, 2.24) is 4.90 Å². The summed E-state index contributed by atoms with van der Waals surface area (Å²) in [6.07, 6.45) is 15.3. The molecule has 0 amide bonds. The molecule has 4 rings (SSSR count). The summed E-state index contributed by atoms with van der Waals surface area (Å²) in [4.78, 5) is 2.06.